The summed E-state index contributed by atoms with van der Waals surface area (Å²) in [6.45, 7) is 1.29. The first-order valence-corrected chi connectivity index (χ1v) is 10.2. The van der Waals surface area contributed by atoms with Gasteiger partial charge in [0.1, 0.15) is 12.4 Å². The SMILES string of the molecule is c1ccc(COc2ccc(Cn3ccc(-c4ccc(-n5ccnc5)cc4)n3)cc2)cc1. The zero-order valence-electron chi connectivity index (χ0n) is 17.0. The van der Waals surface area contributed by atoms with Gasteiger partial charge < -0.3 is 9.30 Å². The third-order valence-corrected chi connectivity index (χ3v) is 5.12. The van der Waals surface area contributed by atoms with E-state index in [9.17, 15) is 0 Å². The van der Waals surface area contributed by atoms with E-state index in [1.54, 1.807) is 12.5 Å². The summed E-state index contributed by atoms with van der Waals surface area (Å²) in [4.78, 5) is 4.09. The monoisotopic (exact) mass is 406 g/mol. The van der Waals surface area contributed by atoms with Crippen LogP contribution in [0, 0.1) is 0 Å². The maximum atomic E-state index is 5.87. The minimum Gasteiger partial charge on any atom is -0.489 e. The maximum Gasteiger partial charge on any atom is 0.119 e. The van der Waals surface area contributed by atoms with Crippen molar-refractivity contribution in [2.75, 3.05) is 0 Å². The molecule has 31 heavy (non-hydrogen) atoms. The van der Waals surface area contributed by atoms with Crippen LogP contribution < -0.4 is 4.74 Å². The van der Waals surface area contributed by atoms with Gasteiger partial charge >= 0.3 is 0 Å². The zero-order valence-corrected chi connectivity index (χ0v) is 17.0. The fraction of sp³-hybridized carbons (Fsp3) is 0.0769. The van der Waals surface area contributed by atoms with Gasteiger partial charge in [0, 0.05) is 29.8 Å². The molecule has 2 aromatic heterocycles. The molecule has 0 fully saturated rings. The van der Waals surface area contributed by atoms with Crippen molar-refractivity contribution in [3.05, 3.63) is 121 Å². The molecule has 0 saturated carbocycles. The van der Waals surface area contributed by atoms with Crippen LogP contribution >= 0.6 is 0 Å². The van der Waals surface area contributed by atoms with Crippen molar-refractivity contribution in [2.24, 2.45) is 0 Å². The minimum absolute atomic E-state index is 0.572. The van der Waals surface area contributed by atoms with E-state index in [1.165, 1.54) is 5.56 Å². The van der Waals surface area contributed by atoms with Gasteiger partial charge in [0.25, 0.3) is 0 Å². The lowest BCUT2D eigenvalue weighted by molar-refractivity contribution is 0.306. The highest BCUT2D eigenvalue weighted by Crippen LogP contribution is 2.20. The number of ether oxygens (including phenoxy) is 1. The summed E-state index contributed by atoms with van der Waals surface area (Å²) in [6, 6.07) is 28.7. The van der Waals surface area contributed by atoms with Gasteiger partial charge in [-0.05, 0) is 41.5 Å². The highest BCUT2D eigenvalue weighted by Gasteiger charge is 2.05. The predicted molar refractivity (Wildman–Crippen MR) is 121 cm³/mol. The molecule has 2 heterocycles. The highest BCUT2D eigenvalue weighted by atomic mass is 16.5. The van der Waals surface area contributed by atoms with E-state index >= 15 is 0 Å². The Bertz CT molecular complexity index is 1230. The molecule has 5 rings (SSSR count). The van der Waals surface area contributed by atoms with E-state index in [4.69, 9.17) is 9.84 Å². The van der Waals surface area contributed by atoms with Crippen LogP contribution in [0.5, 0.6) is 5.75 Å². The summed E-state index contributed by atoms with van der Waals surface area (Å²) in [7, 11) is 0. The molecule has 0 aliphatic rings. The van der Waals surface area contributed by atoms with E-state index in [-0.39, 0.29) is 0 Å². The van der Waals surface area contributed by atoms with Crippen LogP contribution in [-0.2, 0) is 13.2 Å². The van der Waals surface area contributed by atoms with E-state index in [1.807, 2.05) is 58.0 Å². The van der Waals surface area contributed by atoms with Crippen LogP contribution in [0.15, 0.2) is 110 Å². The number of imidazole rings is 1. The third-order valence-electron chi connectivity index (χ3n) is 5.12. The molecular weight excluding hydrogens is 384 g/mol. The first-order chi connectivity index (χ1) is 15.3. The standard InChI is InChI=1S/C26H22N4O/c1-2-4-22(5-3-1)19-31-25-12-6-21(7-13-25)18-30-16-14-26(28-30)23-8-10-24(11-9-23)29-17-15-27-20-29/h1-17,20H,18-19H2. The van der Waals surface area contributed by atoms with Crippen molar-refractivity contribution in [1.82, 2.24) is 19.3 Å². The number of rotatable bonds is 7. The molecule has 0 radical (unpaired) electrons. The lowest BCUT2D eigenvalue weighted by atomic mass is 10.1. The van der Waals surface area contributed by atoms with Crippen LogP contribution in [0.4, 0.5) is 0 Å². The molecular formula is C26H22N4O. The zero-order chi connectivity index (χ0) is 20.9. The molecule has 5 heteroatoms. The van der Waals surface area contributed by atoms with Crippen molar-refractivity contribution >= 4 is 0 Å². The van der Waals surface area contributed by atoms with Crippen LogP contribution in [0.1, 0.15) is 11.1 Å². The second kappa shape index (κ2) is 8.71. The molecule has 0 saturated heterocycles. The van der Waals surface area contributed by atoms with Gasteiger partial charge in [0.05, 0.1) is 18.6 Å². The molecule has 3 aromatic carbocycles. The van der Waals surface area contributed by atoms with Gasteiger partial charge in [-0.3, -0.25) is 4.68 Å². The highest BCUT2D eigenvalue weighted by molar-refractivity contribution is 5.60. The summed E-state index contributed by atoms with van der Waals surface area (Å²) < 4.78 is 9.81. The van der Waals surface area contributed by atoms with Gasteiger partial charge in [-0.1, -0.05) is 54.6 Å². The van der Waals surface area contributed by atoms with E-state index in [0.717, 1.165) is 28.3 Å². The Balaban J connectivity index is 1.21. The Hall–Kier alpha value is -4.12. The Labute approximate surface area is 181 Å². The average Bonchev–Trinajstić information content (AvgIpc) is 3.52. The first kappa shape index (κ1) is 18.9. The van der Waals surface area contributed by atoms with Crippen LogP contribution in [0.2, 0.25) is 0 Å². The summed E-state index contributed by atoms with van der Waals surface area (Å²) in [6.07, 6.45) is 7.51. The Kier molecular flexibility index (Phi) is 5.31. The molecule has 0 bridgehead atoms. The number of aromatic nitrogens is 4. The molecule has 0 unspecified atom stereocenters. The average molecular weight is 406 g/mol. The second-order valence-corrected chi connectivity index (χ2v) is 7.33. The molecule has 0 N–H and O–H groups in total. The Morgan fingerprint density at radius 3 is 2.29 bits per heavy atom. The van der Waals surface area contributed by atoms with Gasteiger partial charge in [-0.15, -0.1) is 0 Å². The molecule has 0 atom stereocenters. The van der Waals surface area contributed by atoms with Crippen molar-refractivity contribution < 1.29 is 4.74 Å². The number of hydrogen-bond acceptors (Lipinski definition) is 3. The first-order valence-electron chi connectivity index (χ1n) is 10.2. The molecule has 5 nitrogen and oxygen atoms in total. The van der Waals surface area contributed by atoms with Gasteiger partial charge in [-0.25, -0.2) is 4.98 Å². The lowest BCUT2D eigenvalue weighted by Crippen LogP contribution is -2.01. The molecule has 0 aliphatic heterocycles. The molecule has 5 aromatic rings. The fourth-order valence-electron chi connectivity index (χ4n) is 3.44. The van der Waals surface area contributed by atoms with E-state index in [0.29, 0.717) is 13.2 Å². The van der Waals surface area contributed by atoms with Gasteiger partial charge in [0.15, 0.2) is 0 Å². The van der Waals surface area contributed by atoms with Crippen LogP contribution in [-0.4, -0.2) is 19.3 Å². The molecule has 0 spiro atoms. The lowest BCUT2D eigenvalue weighted by Gasteiger charge is -2.08. The predicted octanol–water partition coefficient (Wildman–Crippen LogP) is 5.36. The maximum absolute atomic E-state index is 5.87. The largest absolute Gasteiger partial charge is 0.489 e. The minimum atomic E-state index is 0.572. The summed E-state index contributed by atoms with van der Waals surface area (Å²) >= 11 is 0. The smallest absolute Gasteiger partial charge is 0.119 e. The third kappa shape index (κ3) is 4.56. The number of hydrogen-bond donors (Lipinski definition) is 0. The van der Waals surface area contributed by atoms with Gasteiger partial charge in [0.2, 0.25) is 0 Å². The molecule has 0 aliphatic carbocycles. The Morgan fingerprint density at radius 2 is 1.55 bits per heavy atom. The van der Waals surface area contributed by atoms with E-state index in [2.05, 4.69) is 53.5 Å². The van der Waals surface area contributed by atoms with E-state index < -0.39 is 0 Å². The van der Waals surface area contributed by atoms with Crippen molar-refractivity contribution in [2.45, 2.75) is 13.2 Å². The summed E-state index contributed by atoms with van der Waals surface area (Å²) in [5.74, 6) is 0.867. The van der Waals surface area contributed by atoms with Crippen molar-refractivity contribution in [3.8, 4) is 22.7 Å². The van der Waals surface area contributed by atoms with Crippen molar-refractivity contribution in [3.63, 3.8) is 0 Å². The Morgan fingerprint density at radius 1 is 0.742 bits per heavy atom. The fourth-order valence-corrected chi connectivity index (χ4v) is 3.44. The number of benzene rings is 3. The van der Waals surface area contributed by atoms with Gasteiger partial charge in [-0.2, -0.15) is 5.10 Å². The quantitative estimate of drug-likeness (QED) is 0.365. The van der Waals surface area contributed by atoms with Crippen LogP contribution in [0.3, 0.4) is 0 Å². The molecule has 152 valence electrons. The van der Waals surface area contributed by atoms with Crippen molar-refractivity contribution in [1.29, 1.82) is 0 Å². The summed E-state index contributed by atoms with van der Waals surface area (Å²) in [5.41, 5.74) is 5.47. The van der Waals surface area contributed by atoms with Crippen LogP contribution in [0.25, 0.3) is 16.9 Å². The summed E-state index contributed by atoms with van der Waals surface area (Å²) in [5, 5.41) is 4.73. The molecule has 0 amide bonds. The second-order valence-electron chi connectivity index (χ2n) is 7.33. The topological polar surface area (TPSA) is 44.9 Å². The number of nitrogens with zero attached hydrogens (tertiary/aromatic N) is 4. The normalized spacial score (nSPS) is 10.8.